The number of carbonyl (C=O) groups is 1. The van der Waals surface area contributed by atoms with Gasteiger partial charge < -0.3 is 10.6 Å². The second kappa shape index (κ2) is 5.87. The Balaban J connectivity index is 0.00000144. The lowest BCUT2D eigenvalue weighted by Crippen LogP contribution is -2.28. The molecule has 0 spiro atoms. The number of nitrogen functional groups attached to an aromatic ring is 1. The quantitative estimate of drug-likeness (QED) is 0.895. The summed E-state index contributed by atoms with van der Waals surface area (Å²) in [5, 5.41) is 0. The van der Waals surface area contributed by atoms with Crippen molar-refractivity contribution >= 4 is 24.0 Å². The van der Waals surface area contributed by atoms with E-state index in [1.54, 1.807) is 17.0 Å². The number of amides is 1. The van der Waals surface area contributed by atoms with Crippen molar-refractivity contribution in [3.05, 3.63) is 24.0 Å². The summed E-state index contributed by atoms with van der Waals surface area (Å²) in [5.74, 6) is 0.815. The molecule has 4 nitrogen and oxygen atoms in total. The lowest BCUT2D eigenvalue weighted by atomic mass is 10.2. The van der Waals surface area contributed by atoms with Gasteiger partial charge in [0, 0.05) is 13.6 Å². The first kappa shape index (κ1) is 13.8. The number of pyridine rings is 1. The minimum Gasteiger partial charge on any atom is -0.397 e. The lowest BCUT2D eigenvalue weighted by Gasteiger charge is -2.16. The second-order valence-electron chi connectivity index (χ2n) is 4.44. The first-order valence-corrected chi connectivity index (χ1v) is 5.64. The van der Waals surface area contributed by atoms with Crippen LogP contribution >= 0.6 is 12.4 Å². The van der Waals surface area contributed by atoms with E-state index in [0.29, 0.717) is 11.4 Å². The Morgan fingerprint density at radius 1 is 1.53 bits per heavy atom. The monoisotopic (exact) mass is 255 g/mol. The van der Waals surface area contributed by atoms with Gasteiger partial charge in [-0.1, -0.05) is 12.8 Å². The molecule has 0 aromatic carbocycles. The van der Waals surface area contributed by atoms with Gasteiger partial charge in [0.05, 0.1) is 11.9 Å². The van der Waals surface area contributed by atoms with Crippen molar-refractivity contribution in [1.82, 2.24) is 9.88 Å². The fourth-order valence-corrected chi connectivity index (χ4v) is 1.61. The minimum absolute atomic E-state index is 0. The summed E-state index contributed by atoms with van der Waals surface area (Å²) in [6, 6.07) is 3.38. The Hall–Kier alpha value is -1.29. The van der Waals surface area contributed by atoms with Crippen molar-refractivity contribution in [2.24, 2.45) is 5.92 Å². The molecular formula is C12H18ClN3O. The molecule has 1 saturated carbocycles. The van der Waals surface area contributed by atoms with Crippen molar-refractivity contribution in [2.75, 3.05) is 19.3 Å². The van der Waals surface area contributed by atoms with Gasteiger partial charge in [-0.15, -0.1) is 12.4 Å². The zero-order chi connectivity index (χ0) is 11.5. The number of hydrogen-bond donors (Lipinski definition) is 1. The van der Waals surface area contributed by atoms with Gasteiger partial charge in [-0.2, -0.15) is 0 Å². The van der Waals surface area contributed by atoms with Crippen LogP contribution in [0.15, 0.2) is 18.3 Å². The van der Waals surface area contributed by atoms with Crippen LogP contribution in [-0.4, -0.2) is 29.4 Å². The molecule has 0 bridgehead atoms. The predicted octanol–water partition coefficient (Wildman–Crippen LogP) is 1.96. The van der Waals surface area contributed by atoms with Gasteiger partial charge >= 0.3 is 0 Å². The lowest BCUT2D eigenvalue weighted by molar-refractivity contribution is 0.0786. The maximum atomic E-state index is 11.9. The third-order valence-electron chi connectivity index (χ3n) is 2.92. The molecule has 1 aliphatic rings. The van der Waals surface area contributed by atoms with Gasteiger partial charge in [0.2, 0.25) is 0 Å². The first-order chi connectivity index (χ1) is 7.66. The first-order valence-electron chi connectivity index (χ1n) is 5.64. The number of nitrogens with two attached hydrogens (primary N) is 1. The van der Waals surface area contributed by atoms with Gasteiger partial charge in [0.25, 0.3) is 5.91 Å². The van der Waals surface area contributed by atoms with E-state index in [9.17, 15) is 4.79 Å². The number of aromatic nitrogens is 1. The smallest absolute Gasteiger partial charge is 0.272 e. The summed E-state index contributed by atoms with van der Waals surface area (Å²) >= 11 is 0. The summed E-state index contributed by atoms with van der Waals surface area (Å²) in [7, 11) is 1.82. The van der Waals surface area contributed by atoms with Crippen LogP contribution in [0.3, 0.4) is 0 Å². The highest BCUT2D eigenvalue weighted by atomic mass is 35.5. The summed E-state index contributed by atoms with van der Waals surface area (Å²) in [6.07, 6.45) is 5.27. The molecule has 1 heterocycles. The number of rotatable bonds is 4. The molecule has 0 atom stereocenters. The van der Waals surface area contributed by atoms with Crippen LogP contribution in [0.4, 0.5) is 5.69 Å². The molecule has 0 unspecified atom stereocenters. The van der Waals surface area contributed by atoms with Gasteiger partial charge in [-0.3, -0.25) is 4.79 Å². The molecule has 2 N–H and O–H groups in total. The SMILES string of the molecule is CN(CCC1CC1)C(=O)c1ccc(N)cn1.Cl. The van der Waals surface area contributed by atoms with E-state index >= 15 is 0 Å². The molecule has 1 aromatic rings. The standard InChI is InChI=1S/C12H17N3O.ClH/c1-15(7-6-9-2-3-9)12(16)11-5-4-10(13)8-14-11;/h4-5,8-9H,2-3,6-7,13H2,1H3;1H. The predicted molar refractivity (Wildman–Crippen MR) is 70.2 cm³/mol. The van der Waals surface area contributed by atoms with Crippen molar-refractivity contribution in [1.29, 1.82) is 0 Å². The van der Waals surface area contributed by atoms with E-state index in [2.05, 4.69) is 4.98 Å². The Labute approximate surface area is 108 Å². The highest BCUT2D eigenvalue weighted by Crippen LogP contribution is 2.32. The van der Waals surface area contributed by atoms with Crippen LogP contribution in [-0.2, 0) is 0 Å². The molecule has 1 aliphatic carbocycles. The zero-order valence-electron chi connectivity index (χ0n) is 9.93. The third-order valence-corrected chi connectivity index (χ3v) is 2.92. The average molecular weight is 256 g/mol. The summed E-state index contributed by atoms with van der Waals surface area (Å²) in [5.41, 5.74) is 6.57. The molecule has 0 aliphatic heterocycles. The molecule has 0 radical (unpaired) electrons. The fraction of sp³-hybridized carbons (Fsp3) is 0.500. The summed E-state index contributed by atoms with van der Waals surface area (Å²) < 4.78 is 0. The Kier molecular flexibility index (Phi) is 4.75. The van der Waals surface area contributed by atoms with E-state index < -0.39 is 0 Å². The van der Waals surface area contributed by atoms with E-state index in [1.807, 2.05) is 7.05 Å². The highest BCUT2D eigenvalue weighted by molar-refractivity contribution is 5.92. The molecule has 5 heteroatoms. The van der Waals surface area contributed by atoms with Crippen LogP contribution < -0.4 is 5.73 Å². The molecule has 1 fully saturated rings. The fourth-order valence-electron chi connectivity index (χ4n) is 1.61. The van der Waals surface area contributed by atoms with Crippen LogP contribution in [0.2, 0.25) is 0 Å². The number of anilines is 1. The molecule has 1 amide bonds. The van der Waals surface area contributed by atoms with Crippen LogP contribution in [0.1, 0.15) is 29.8 Å². The Morgan fingerprint density at radius 3 is 2.76 bits per heavy atom. The largest absolute Gasteiger partial charge is 0.397 e. The number of halogens is 1. The maximum Gasteiger partial charge on any atom is 0.272 e. The van der Waals surface area contributed by atoms with Crippen LogP contribution in [0.25, 0.3) is 0 Å². The van der Waals surface area contributed by atoms with Gasteiger partial charge in [0.15, 0.2) is 0 Å². The minimum atomic E-state index is -0.0272. The normalized spacial score (nSPS) is 13.9. The van der Waals surface area contributed by atoms with Gasteiger partial charge in [-0.25, -0.2) is 4.98 Å². The van der Waals surface area contributed by atoms with E-state index in [0.717, 1.165) is 18.9 Å². The van der Waals surface area contributed by atoms with Crippen molar-refractivity contribution in [3.63, 3.8) is 0 Å². The third kappa shape index (κ3) is 3.89. The van der Waals surface area contributed by atoms with E-state index in [4.69, 9.17) is 5.73 Å². The van der Waals surface area contributed by atoms with Crippen molar-refractivity contribution < 1.29 is 4.79 Å². The average Bonchev–Trinajstić information content (AvgIpc) is 3.10. The number of nitrogens with zero attached hydrogens (tertiary/aromatic N) is 2. The zero-order valence-corrected chi connectivity index (χ0v) is 10.7. The molecule has 17 heavy (non-hydrogen) atoms. The molecule has 94 valence electrons. The summed E-state index contributed by atoms with van der Waals surface area (Å²) in [6.45, 7) is 0.815. The van der Waals surface area contributed by atoms with E-state index in [1.165, 1.54) is 19.0 Å². The van der Waals surface area contributed by atoms with Crippen LogP contribution in [0, 0.1) is 5.92 Å². The molecule has 0 saturated heterocycles. The van der Waals surface area contributed by atoms with Gasteiger partial charge in [-0.05, 0) is 24.5 Å². The van der Waals surface area contributed by atoms with E-state index in [-0.39, 0.29) is 18.3 Å². The Bertz CT molecular complexity index is 376. The molecule has 1 aromatic heterocycles. The highest BCUT2D eigenvalue weighted by Gasteiger charge is 2.22. The van der Waals surface area contributed by atoms with Crippen molar-refractivity contribution in [2.45, 2.75) is 19.3 Å². The molecule has 2 rings (SSSR count). The molecular weight excluding hydrogens is 238 g/mol. The van der Waals surface area contributed by atoms with Gasteiger partial charge in [0.1, 0.15) is 5.69 Å². The maximum absolute atomic E-state index is 11.9. The Morgan fingerprint density at radius 2 is 2.24 bits per heavy atom. The number of hydrogen-bond acceptors (Lipinski definition) is 3. The topological polar surface area (TPSA) is 59.2 Å². The number of carbonyl (C=O) groups excluding carboxylic acids is 1. The second-order valence-corrected chi connectivity index (χ2v) is 4.44. The summed E-state index contributed by atoms with van der Waals surface area (Å²) in [4.78, 5) is 17.7. The van der Waals surface area contributed by atoms with Crippen LogP contribution in [0.5, 0.6) is 0 Å². The van der Waals surface area contributed by atoms with Crippen molar-refractivity contribution in [3.8, 4) is 0 Å².